The second kappa shape index (κ2) is 11.5. The Bertz CT molecular complexity index is 3030. The maximum atomic E-state index is 6.63. The van der Waals surface area contributed by atoms with Gasteiger partial charge in [-0.05, 0) is 101 Å². The molecule has 3 aromatic heterocycles. The van der Waals surface area contributed by atoms with Gasteiger partial charge in [-0.25, -0.2) is 15.0 Å². The van der Waals surface area contributed by atoms with E-state index in [1.807, 2.05) is 24.3 Å². The van der Waals surface area contributed by atoms with Gasteiger partial charge in [0.25, 0.3) is 0 Å². The molecule has 5 nitrogen and oxygen atoms in total. The molecular weight excluding hydrogens is 639 g/mol. The van der Waals surface area contributed by atoms with Crippen LogP contribution in [0.3, 0.4) is 0 Å². The first-order chi connectivity index (χ1) is 25.7. The molecule has 11 rings (SSSR count). The Morgan fingerprint density at radius 1 is 0.500 bits per heavy atom. The molecule has 6 aromatic carbocycles. The number of allylic oxidation sites excluding steroid dienone is 5. The molecule has 0 bridgehead atoms. The van der Waals surface area contributed by atoms with Crippen molar-refractivity contribution in [3.05, 3.63) is 156 Å². The van der Waals surface area contributed by atoms with E-state index < -0.39 is 0 Å². The highest BCUT2D eigenvalue weighted by Crippen LogP contribution is 2.43. The summed E-state index contributed by atoms with van der Waals surface area (Å²) in [5.41, 5.74) is 11.2. The Kier molecular flexibility index (Phi) is 6.44. The molecular formula is C47H31N3O2. The lowest BCUT2D eigenvalue weighted by Crippen LogP contribution is -2.08. The molecule has 5 heteroatoms. The zero-order valence-electron chi connectivity index (χ0n) is 28.3. The van der Waals surface area contributed by atoms with Crippen LogP contribution >= 0.6 is 0 Å². The lowest BCUT2D eigenvalue weighted by molar-refractivity contribution is 0.668. The number of nitrogens with zero attached hydrogens (tertiary/aromatic N) is 3. The minimum Gasteiger partial charge on any atom is -0.456 e. The van der Waals surface area contributed by atoms with Gasteiger partial charge in [-0.1, -0.05) is 103 Å². The molecule has 0 atom stereocenters. The van der Waals surface area contributed by atoms with E-state index in [9.17, 15) is 0 Å². The summed E-state index contributed by atoms with van der Waals surface area (Å²) in [7, 11) is 0. The second-order valence-corrected chi connectivity index (χ2v) is 13.7. The normalized spacial score (nSPS) is 14.4. The third kappa shape index (κ3) is 4.59. The molecule has 0 N–H and O–H groups in total. The van der Waals surface area contributed by atoms with Crippen molar-refractivity contribution in [2.75, 3.05) is 0 Å². The van der Waals surface area contributed by atoms with Gasteiger partial charge in [0.15, 0.2) is 17.5 Å². The Labute approximate surface area is 299 Å². The monoisotopic (exact) mass is 669 g/mol. The summed E-state index contributed by atoms with van der Waals surface area (Å²) in [6, 6.07) is 40.3. The van der Waals surface area contributed by atoms with E-state index in [-0.39, 0.29) is 0 Å². The van der Waals surface area contributed by atoms with Crippen LogP contribution in [0.15, 0.2) is 142 Å². The van der Waals surface area contributed by atoms with Crippen LogP contribution in [0.1, 0.15) is 42.0 Å². The highest BCUT2D eigenvalue weighted by Gasteiger charge is 2.22. The maximum Gasteiger partial charge on any atom is 0.164 e. The number of fused-ring (bicyclic) bond motifs is 9. The van der Waals surface area contributed by atoms with Gasteiger partial charge in [0.2, 0.25) is 0 Å². The van der Waals surface area contributed by atoms with Crippen molar-refractivity contribution in [2.24, 2.45) is 0 Å². The lowest BCUT2D eigenvalue weighted by atomic mass is 9.92. The highest BCUT2D eigenvalue weighted by atomic mass is 16.3. The van der Waals surface area contributed by atoms with Crippen molar-refractivity contribution in [1.29, 1.82) is 0 Å². The third-order valence-electron chi connectivity index (χ3n) is 10.7. The fourth-order valence-corrected chi connectivity index (χ4v) is 8.16. The predicted molar refractivity (Wildman–Crippen MR) is 212 cm³/mol. The zero-order chi connectivity index (χ0) is 34.2. The first-order valence-corrected chi connectivity index (χ1v) is 18.0. The molecule has 0 radical (unpaired) electrons. The summed E-state index contributed by atoms with van der Waals surface area (Å²) in [4.78, 5) is 15.4. The molecule has 0 unspecified atom stereocenters. The van der Waals surface area contributed by atoms with Gasteiger partial charge in [-0.3, -0.25) is 0 Å². The van der Waals surface area contributed by atoms with Crippen LogP contribution < -0.4 is 0 Å². The van der Waals surface area contributed by atoms with Crippen LogP contribution in [-0.4, -0.2) is 15.0 Å². The first kappa shape index (κ1) is 29.2. The van der Waals surface area contributed by atoms with Gasteiger partial charge in [0.1, 0.15) is 22.3 Å². The number of hydrogen-bond donors (Lipinski definition) is 0. The fourth-order valence-electron chi connectivity index (χ4n) is 8.16. The van der Waals surface area contributed by atoms with Gasteiger partial charge in [0.05, 0.1) is 0 Å². The summed E-state index contributed by atoms with van der Waals surface area (Å²) >= 11 is 0. The number of aromatic nitrogens is 3. The number of hydrogen-bond acceptors (Lipinski definition) is 5. The van der Waals surface area contributed by atoms with Crippen molar-refractivity contribution in [1.82, 2.24) is 15.0 Å². The van der Waals surface area contributed by atoms with Crippen molar-refractivity contribution >= 4 is 71.9 Å². The van der Waals surface area contributed by atoms with Crippen LogP contribution in [0.25, 0.3) is 94.4 Å². The topological polar surface area (TPSA) is 65.0 Å². The largest absolute Gasteiger partial charge is 0.456 e. The van der Waals surface area contributed by atoms with Crippen LogP contribution in [0.2, 0.25) is 0 Å². The van der Waals surface area contributed by atoms with E-state index in [2.05, 4.69) is 115 Å². The van der Waals surface area contributed by atoms with E-state index in [1.165, 1.54) is 21.9 Å². The van der Waals surface area contributed by atoms with E-state index >= 15 is 0 Å². The molecule has 246 valence electrons. The van der Waals surface area contributed by atoms with Gasteiger partial charge < -0.3 is 8.83 Å². The van der Waals surface area contributed by atoms with Crippen molar-refractivity contribution < 1.29 is 8.83 Å². The first-order valence-electron chi connectivity index (χ1n) is 18.0. The molecule has 0 amide bonds. The molecule has 0 spiro atoms. The van der Waals surface area contributed by atoms with Gasteiger partial charge in [0, 0.05) is 32.7 Å². The SMILES string of the molecule is C1=CC(c2nc(C3=Cc4ccccc4CC3)nc(-c3cccc4oc5cc(-c6cc7oc8ccccc8c7c7ccccc67)ccc5c34)n2)=CCC1. The molecule has 3 heterocycles. The van der Waals surface area contributed by atoms with Gasteiger partial charge >= 0.3 is 0 Å². The Morgan fingerprint density at radius 2 is 1.27 bits per heavy atom. The summed E-state index contributed by atoms with van der Waals surface area (Å²) in [6.07, 6.45) is 12.7. The molecule has 0 saturated carbocycles. The molecule has 0 saturated heterocycles. The van der Waals surface area contributed by atoms with Crippen LogP contribution in [-0.2, 0) is 6.42 Å². The summed E-state index contributed by atoms with van der Waals surface area (Å²) in [5.74, 6) is 2.09. The second-order valence-electron chi connectivity index (χ2n) is 13.7. The van der Waals surface area contributed by atoms with Crippen molar-refractivity contribution in [2.45, 2.75) is 25.7 Å². The van der Waals surface area contributed by atoms with E-state index in [0.29, 0.717) is 11.6 Å². The summed E-state index contributed by atoms with van der Waals surface area (Å²) in [6.45, 7) is 0. The predicted octanol–water partition coefficient (Wildman–Crippen LogP) is 12.4. The van der Waals surface area contributed by atoms with E-state index in [4.69, 9.17) is 23.8 Å². The summed E-state index contributed by atoms with van der Waals surface area (Å²) < 4.78 is 13.0. The Balaban J connectivity index is 1.09. The smallest absolute Gasteiger partial charge is 0.164 e. The number of aryl methyl sites for hydroxylation is 1. The lowest BCUT2D eigenvalue weighted by Gasteiger charge is -2.17. The van der Waals surface area contributed by atoms with Gasteiger partial charge in [-0.15, -0.1) is 0 Å². The minimum atomic E-state index is 0.651. The average molecular weight is 670 g/mol. The number of rotatable bonds is 4. The van der Waals surface area contributed by atoms with Crippen LogP contribution in [0.5, 0.6) is 0 Å². The Morgan fingerprint density at radius 3 is 2.19 bits per heavy atom. The van der Waals surface area contributed by atoms with Crippen LogP contribution in [0.4, 0.5) is 0 Å². The third-order valence-corrected chi connectivity index (χ3v) is 10.7. The number of benzene rings is 6. The number of para-hydroxylation sites is 1. The van der Waals surface area contributed by atoms with E-state index in [1.54, 1.807) is 0 Å². The fraction of sp³-hybridized carbons (Fsp3) is 0.0851. The minimum absolute atomic E-state index is 0.651. The van der Waals surface area contributed by atoms with Crippen LogP contribution in [0, 0.1) is 0 Å². The Hall–Kier alpha value is -6.59. The molecule has 9 aromatic rings. The van der Waals surface area contributed by atoms with Crippen molar-refractivity contribution in [3.63, 3.8) is 0 Å². The molecule has 2 aliphatic rings. The maximum absolute atomic E-state index is 6.63. The van der Waals surface area contributed by atoms with Crippen molar-refractivity contribution in [3.8, 4) is 22.5 Å². The number of furan rings is 2. The average Bonchev–Trinajstić information content (AvgIpc) is 3.78. The summed E-state index contributed by atoms with van der Waals surface area (Å²) in [5, 5.41) is 6.65. The van der Waals surface area contributed by atoms with Gasteiger partial charge in [-0.2, -0.15) is 0 Å². The molecule has 52 heavy (non-hydrogen) atoms. The molecule has 0 aliphatic heterocycles. The standard InChI is InChI=1S/C47H31N3O2/c1-2-12-29(13-3-1)45-48-46(32-22-21-28-11-4-5-14-30(28)25-32)50-47(49-45)37-18-10-20-40-44(37)36-24-23-31(26-41(36)52-40)38-27-42-43(34-16-7-6-15-33(34)38)35-17-8-9-19-39(35)51-42/h2,4-20,23-27H,1,3,21-22H2. The molecule has 2 aliphatic carbocycles. The van der Waals surface area contributed by atoms with E-state index in [0.717, 1.165) is 103 Å². The molecule has 0 fully saturated rings. The quantitative estimate of drug-likeness (QED) is 0.187. The highest BCUT2D eigenvalue weighted by molar-refractivity contribution is 6.22. The zero-order valence-corrected chi connectivity index (χ0v) is 28.3.